The van der Waals surface area contributed by atoms with Crippen LogP contribution < -0.4 is 0 Å². The minimum atomic E-state index is -5.20. The molecule has 228 valence electrons. The maximum Gasteiger partial charge on any atom is 0.218 e. The molecule has 1 heterocycles. The maximum absolute atomic E-state index is 12.9. The molecule has 0 aromatic heterocycles. The highest BCUT2D eigenvalue weighted by molar-refractivity contribution is 7.81. The Morgan fingerprint density at radius 2 is 1.65 bits per heavy atom. The second-order valence-electron chi connectivity index (χ2n) is 12.5. The zero-order chi connectivity index (χ0) is 29.4. The number of hydrogen-bond donors (Lipinski definition) is 2. The predicted octanol–water partition coefficient (Wildman–Crippen LogP) is 0.671. The second-order valence-corrected chi connectivity index (χ2v) is 14.5. The summed E-state index contributed by atoms with van der Waals surface area (Å²) in [6.45, 7) is 5.42. The highest BCUT2D eigenvalue weighted by Gasteiger charge is 2.60. The van der Waals surface area contributed by atoms with Gasteiger partial charge in [0.25, 0.3) is 0 Å². The number of aliphatic hydroxyl groups is 2. The number of ketones is 1. The zero-order valence-electron chi connectivity index (χ0n) is 22.5. The summed E-state index contributed by atoms with van der Waals surface area (Å²) in [6, 6.07) is 0. The molecule has 5 rings (SSSR count). The summed E-state index contributed by atoms with van der Waals surface area (Å²) in [4.78, 5) is 12.9. The van der Waals surface area contributed by atoms with Gasteiger partial charge in [0.05, 0.1) is 18.3 Å². The van der Waals surface area contributed by atoms with Crippen LogP contribution in [-0.4, -0.2) is 84.9 Å². The first-order valence-corrected chi connectivity index (χ1v) is 16.3. The van der Waals surface area contributed by atoms with Crippen LogP contribution in [-0.2, 0) is 43.4 Å². The van der Waals surface area contributed by atoms with E-state index < -0.39 is 74.5 Å². The summed E-state index contributed by atoms with van der Waals surface area (Å²) >= 11 is 0. The van der Waals surface area contributed by atoms with E-state index in [9.17, 15) is 40.9 Å². The van der Waals surface area contributed by atoms with Crippen LogP contribution in [0.1, 0.15) is 65.7 Å². The number of fused-ring (bicyclic) bond motifs is 5. The number of carbonyl (C=O) groups is 1. The molecule has 0 aromatic rings. The Hall–Kier alpha value is -1.01. The highest BCUT2D eigenvalue weighted by Crippen LogP contribution is 2.64. The standard InChI is InChI=1S/C25H38O13S2/c1-12-22(38-40(32,33)34)20(27)21(28)23(35-12)36-18-11-14-15-4-5-19(26)25(15,3)9-7-16(14)24(2)8-6-13(10-17(18)24)37-39(29,30)31/h7,12-15,17-18,20-23,27-28H,4-6,8-11H2,1-3H3,(H,29,30,31)(H,32,33,34)/p-2/t12-,13+,14+,15+,17-,18+,20-,21-,22-,23+,24-,25+/m1/s1. The average molecular weight is 609 g/mol. The molecule has 0 bridgehead atoms. The summed E-state index contributed by atoms with van der Waals surface area (Å²) < 4.78 is 88.8. The number of allylic oxidation sites excluding steroid dienone is 2. The fraction of sp³-hybridized carbons (Fsp3) is 0.880. The molecule has 0 aromatic carbocycles. The fourth-order valence-electron chi connectivity index (χ4n) is 8.25. The number of hydrogen-bond acceptors (Lipinski definition) is 13. The third-order valence-electron chi connectivity index (χ3n) is 10.3. The van der Waals surface area contributed by atoms with E-state index in [1.54, 1.807) is 0 Å². The van der Waals surface area contributed by atoms with Gasteiger partial charge in [0, 0.05) is 11.8 Å². The van der Waals surface area contributed by atoms with E-state index in [4.69, 9.17) is 13.7 Å². The lowest BCUT2D eigenvalue weighted by Gasteiger charge is -2.59. The van der Waals surface area contributed by atoms with Crippen molar-refractivity contribution in [1.29, 1.82) is 0 Å². The van der Waals surface area contributed by atoms with Crippen molar-refractivity contribution in [3.8, 4) is 0 Å². The van der Waals surface area contributed by atoms with Crippen molar-refractivity contribution in [2.45, 2.75) is 109 Å². The van der Waals surface area contributed by atoms with Gasteiger partial charge in [0.15, 0.2) is 6.29 Å². The molecule has 4 fully saturated rings. The third kappa shape index (κ3) is 5.42. The summed E-state index contributed by atoms with van der Waals surface area (Å²) in [5.74, 6) is -0.0996. The first-order valence-electron chi connectivity index (χ1n) is 13.6. The number of rotatable bonds is 6. The molecule has 3 saturated carbocycles. The maximum atomic E-state index is 12.9. The Labute approximate surface area is 234 Å². The Balaban J connectivity index is 1.45. The molecule has 0 radical (unpaired) electrons. The van der Waals surface area contributed by atoms with E-state index in [-0.39, 0.29) is 30.0 Å². The van der Waals surface area contributed by atoms with Gasteiger partial charge in [-0.25, -0.2) is 16.8 Å². The van der Waals surface area contributed by atoms with Crippen molar-refractivity contribution in [2.75, 3.05) is 0 Å². The third-order valence-corrected chi connectivity index (χ3v) is 11.2. The molecule has 2 N–H and O–H groups in total. The van der Waals surface area contributed by atoms with Crippen molar-refractivity contribution in [3.63, 3.8) is 0 Å². The van der Waals surface area contributed by atoms with Crippen LogP contribution in [0.2, 0.25) is 0 Å². The van der Waals surface area contributed by atoms with Crippen LogP contribution in [0.4, 0.5) is 0 Å². The van der Waals surface area contributed by atoms with Crippen molar-refractivity contribution < 1.29 is 58.8 Å². The number of Topliss-reactive ketones (excluding diaryl/α,β-unsaturated/α-hetero) is 1. The minimum Gasteiger partial charge on any atom is -0.726 e. The molecular formula is C25H36O13S2-2. The molecule has 0 amide bonds. The SMILES string of the molecule is C[C@H]1O[C@@H](O[C@H]2C[C@@H]3C(=CC[C@]4(C)C(=O)CC[C@@H]34)[C@@]3(C)CC[C@H](OS(=O)(=O)[O-])C[C@H]23)[C@H](O)[C@@H](O)[C@@H]1OS(=O)(=O)[O-]. The first kappa shape index (κ1) is 30.4. The molecule has 5 aliphatic rings. The van der Waals surface area contributed by atoms with Crippen LogP contribution in [0.5, 0.6) is 0 Å². The molecule has 40 heavy (non-hydrogen) atoms. The lowest BCUT2D eigenvalue weighted by Crippen LogP contribution is -2.61. The van der Waals surface area contributed by atoms with Gasteiger partial charge >= 0.3 is 0 Å². The summed E-state index contributed by atoms with van der Waals surface area (Å²) in [5, 5.41) is 21.4. The van der Waals surface area contributed by atoms with Gasteiger partial charge in [0.1, 0.15) is 24.1 Å². The molecule has 1 saturated heterocycles. The zero-order valence-corrected chi connectivity index (χ0v) is 24.1. The topological polar surface area (TPSA) is 209 Å². The van der Waals surface area contributed by atoms with Crippen molar-refractivity contribution >= 4 is 26.6 Å². The van der Waals surface area contributed by atoms with Gasteiger partial charge in [-0.15, -0.1) is 0 Å². The predicted molar refractivity (Wildman–Crippen MR) is 132 cm³/mol. The molecule has 12 atom stereocenters. The van der Waals surface area contributed by atoms with Crippen LogP contribution in [0.15, 0.2) is 11.6 Å². The van der Waals surface area contributed by atoms with Gasteiger partial charge in [-0.2, -0.15) is 0 Å². The van der Waals surface area contributed by atoms with Crippen molar-refractivity contribution in [2.24, 2.45) is 28.6 Å². The van der Waals surface area contributed by atoms with Crippen LogP contribution in [0, 0.1) is 28.6 Å². The van der Waals surface area contributed by atoms with Crippen LogP contribution in [0.3, 0.4) is 0 Å². The monoisotopic (exact) mass is 608 g/mol. The van der Waals surface area contributed by atoms with Gasteiger partial charge in [0.2, 0.25) is 20.8 Å². The number of ether oxygens (including phenoxy) is 2. The normalized spacial score (nSPS) is 47.7. The number of carbonyl (C=O) groups excluding carboxylic acids is 1. The summed E-state index contributed by atoms with van der Waals surface area (Å²) in [5.41, 5.74) is 0.198. The van der Waals surface area contributed by atoms with Crippen LogP contribution >= 0.6 is 0 Å². The summed E-state index contributed by atoms with van der Waals surface area (Å²) in [6.07, 6.45) is -3.95. The van der Waals surface area contributed by atoms with E-state index >= 15 is 0 Å². The van der Waals surface area contributed by atoms with E-state index in [2.05, 4.69) is 17.2 Å². The Morgan fingerprint density at radius 1 is 0.975 bits per heavy atom. The van der Waals surface area contributed by atoms with E-state index in [0.717, 1.165) is 6.42 Å². The molecule has 13 nitrogen and oxygen atoms in total. The van der Waals surface area contributed by atoms with Gasteiger partial charge < -0.3 is 28.8 Å². The van der Waals surface area contributed by atoms with Gasteiger partial charge in [-0.05, 0) is 68.6 Å². The van der Waals surface area contributed by atoms with Crippen molar-refractivity contribution in [1.82, 2.24) is 0 Å². The molecule has 0 unspecified atom stereocenters. The lowest BCUT2D eigenvalue weighted by atomic mass is 9.48. The fourth-order valence-corrected chi connectivity index (χ4v) is 9.30. The van der Waals surface area contributed by atoms with E-state index in [1.165, 1.54) is 12.5 Å². The molecule has 15 heteroatoms. The Morgan fingerprint density at radius 3 is 2.30 bits per heavy atom. The first-order chi connectivity index (χ1) is 18.4. The smallest absolute Gasteiger partial charge is 0.218 e. The second kappa shape index (κ2) is 10.3. The van der Waals surface area contributed by atoms with Crippen LogP contribution in [0.25, 0.3) is 0 Å². The van der Waals surface area contributed by atoms with E-state index in [1.807, 2.05) is 6.92 Å². The van der Waals surface area contributed by atoms with Crippen molar-refractivity contribution in [3.05, 3.63) is 11.6 Å². The van der Waals surface area contributed by atoms with Gasteiger partial charge in [-0.1, -0.05) is 25.5 Å². The van der Waals surface area contributed by atoms with E-state index in [0.29, 0.717) is 32.1 Å². The molecule has 1 aliphatic heterocycles. The average Bonchev–Trinajstić information content (AvgIpc) is 3.14. The van der Waals surface area contributed by atoms with Gasteiger partial charge in [-0.3, -0.25) is 13.2 Å². The highest BCUT2D eigenvalue weighted by atomic mass is 32.3. The number of aliphatic hydroxyl groups excluding tert-OH is 2. The molecule has 4 aliphatic carbocycles. The Kier molecular flexibility index (Phi) is 7.85. The lowest BCUT2D eigenvalue weighted by molar-refractivity contribution is -0.312. The molecule has 0 spiro atoms. The largest absolute Gasteiger partial charge is 0.726 e. The Bertz CT molecular complexity index is 1270. The quantitative estimate of drug-likeness (QED) is 0.242. The summed E-state index contributed by atoms with van der Waals surface area (Å²) in [7, 11) is -10.1. The minimum absolute atomic E-state index is 0.0260. The molecular weight excluding hydrogens is 572 g/mol.